The van der Waals surface area contributed by atoms with Crippen LogP contribution in [0.4, 0.5) is 10.2 Å². The molecule has 3 aromatic rings. The quantitative estimate of drug-likeness (QED) is 0.790. The summed E-state index contributed by atoms with van der Waals surface area (Å²) in [5, 5.41) is 5.08. The number of hydrogen-bond acceptors (Lipinski definition) is 3. The lowest BCUT2D eigenvalue weighted by Gasteiger charge is -2.12. The Bertz CT molecular complexity index is 908. The molecule has 0 atom stereocenters. The summed E-state index contributed by atoms with van der Waals surface area (Å²) < 4.78 is 16.0. The van der Waals surface area contributed by atoms with Gasteiger partial charge in [-0.15, -0.1) is 0 Å². The van der Waals surface area contributed by atoms with Gasteiger partial charge in [0.15, 0.2) is 0 Å². The zero-order chi connectivity index (χ0) is 16.0. The van der Waals surface area contributed by atoms with Crippen LogP contribution in [0.1, 0.15) is 12.8 Å². The Hall–Kier alpha value is -2.69. The zero-order valence-corrected chi connectivity index (χ0v) is 12.9. The van der Waals surface area contributed by atoms with Gasteiger partial charge >= 0.3 is 0 Å². The first-order chi connectivity index (χ1) is 11.0. The lowest BCUT2D eigenvalue weighted by atomic mass is 10.1. The molecule has 0 aliphatic heterocycles. The van der Waals surface area contributed by atoms with Crippen LogP contribution < -0.4 is 5.32 Å². The summed E-state index contributed by atoms with van der Waals surface area (Å²) in [7, 11) is 1.96. The second-order valence-corrected chi connectivity index (χ2v) is 6.09. The molecule has 2 aromatic heterocycles. The molecule has 4 nitrogen and oxygen atoms in total. The van der Waals surface area contributed by atoms with Gasteiger partial charge in [0.25, 0.3) is 0 Å². The Balaban J connectivity index is 1.69. The number of imidazole rings is 1. The summed E-state index contributed by atoms with van der Waals surface area (Å²) in [6, 6.07) is 8.09. The van der Waals surface area contributed by atoms with E-state index in [0.717, 1.165) is 22.0 Å². The van der Waals surface area contributed by atoms with E-state index in [2.05, 4.69) is 27.9 Å². The molecule has 5 heteroatoms. The standard InChI is InChI=1S/C18H17FN4/c1-12(18(19)5-6-18)22-17-8-15-7-13(3-4-14(15)9-21-17)16-10-20-11-23(16)2/h3-4,7-11H,1,5-6H2,2H3,(H,21,22). The molecular weight excluding hydrogens is 291 g/mol. The molecule has 0 unspecified atom stereocenters. The number of pyridine rings is 1. The highest BCUT2D eigenvalue weighted by Crippen LogP contribution is 2.45. The van der Waals surface area contributed by atoms with Gasteiger partial charge in [-0.2, -0.15) is 0 Å². The fourth-order valence-corrected chi connectivity index (χ4v) is 2.68. The monoisotopic (exact) mass is 308 g/mol. The second kappa shape index (κ2) is 4.91. The minimum atomic E-state index is -1.26. The van der Waals surface area contributed by atoms with E-state index in [1.165, 1.54) is 0 Å². The van der Waals surface area contributed by atoms with Crippen molar-refractivity contribution in [3.05, 3.63) is 55.3 Å². The fraction of sp³-hybridized carbons (Fsp3) is 0.222. The first kappa shape index (κ1) is 13.9. The Morgan fingerprint density at radius 2 is 2.09 bits per heavy atom. The molecule has 0 saturated heterocycles. The summed E-state index contributed by atoms with van der Waals surface area (Å²) in [5.41, 5.74) is 1.26. The van der Waals surface area contributed by atoms with Crippen LogP contribution in [0.5, 0.6) is 0 Å². The molecule has 1 saturated carbocycles. The van der Waals surface area contributed by atoms with Crippen molar-refractivity contribution in [3.8, 4) is 11.3 Å². The third-order valence-corrected chi connectivity index (χ3v) is 4.34. The predicted molar refractivity (Wildman–Crippen MR) is 89.8 cm³/mol. The lowest BCUT2D eigenvalue weighted by molar-refractivity contribution is 0.363. The first-order valence-corrected chi connectivity index (χ1v) is 7.57. The Kier molecular flexibility index (Phi) is 2.98. The second-order valence-electron chi connectivity index (χ2n) is 6.09. The van der Waals surface area contributed by atoms with Gasteiger partial charge in [-0.25, -0.2) is 14.4 Å². The smallest absolute Gasteiger partial charge is 0.150 e. The Labute approximate surface area is 133 Å². The largest absolute Gasteiger partial charge is 0.341 e. The van der Waals surface area contributed by atoms with Gasteiger partial charge in [-0.1, -0.05) is 18.7 Å². The highest BCUT2D eigenvalue weighted by molar-refractivity contribution is 5.88. The Morgan fingerprint density at radius 1 is 1.26 bits per heavy atom. The van der Waals surface area contributed by atoms with E-state index in [-0.39, 0.29) is 0 Å². The number of anilines is 1. The molecule has 4 rings (SSSR count). The van der Waals surface area contributed by atoms with E-state index in [1.54, 1.807) is 12.5 Å². The van der Waals surface area contributed by atoms with Crippen molar-refractivity contribution < 1.29 is 4.39 Å². The number of fused-ring (bicyclic) bond motifs is 1. The van der Waals surface area contributed by atoms with Crippen LogP contribution in [-0.2, 0) is 7.05 Å². The SMILES string of the molecule is C=C(Nc1cc2cc(-c3cncn3C)ccc2cn1)C1(F)CC1. The molecule has 1 aliphatic carbocycles. The van der Waals surface area contributed by atoms with Crippen LogP contribution in [0.25, 0.3) is 22.0 Å². The van der Waals surface area contributed by atoms with Crippen LogP contribution in [-0.4, -0.2) is 20.2 Å². The number of aromatic nitrogens is 3. The van der Waals surface area contributed by atoms with E-state index >= 15 is 0 Å². The molecule has 1 fully saturated rings. The molecule has 0 radical (unpaired) electrons. The number of benzene rings is 1. The average Bonchev–Trinajstić information content (AvgIpc) is 3.15. The van der Waals surface area contributed by atoms with Gasteiger partial charge in [-0.05, 0) is 30.4 Å². The maximum Gasteiger partial charge on any atom is 0.150 e. The van der Waals surface area contributed by atoms with E-state index < -0.39 is 5.67 Å². The number of aryl methyl sites for hydroxylation is 1. The van der Waals surface area contributed by atoms with Gasteiger partial charge in [0.2, 0.25) is 0 Å². The van der Waals surface area contributed by atoms with Crippen LogP contribution in [0, 0.1) is 0 Å². The third kappa shape index (κ3) is 2.48. The fourth-order valence-electron chi connectivity index (χ4n) is 2.68. The van der Waals surface area contributed by atoms with E-state index in [1.807, 2.05) is 36.0 Å². The zero-order valence-electron chi connectivity index (χ0n) is 12.9. The first-order valence-electron chi connectivity index (χ1n) is 7.57. The van der Waals surface area contributed by atoms with E-state index in [9.17, 15) is 4.39 Å². The van der Waals surface area contributed by atoms with Crippen molar-refractivity contribution in [3.63, 3.8) is 0 Å². The molecule has 116 valence electrons. The van der Waals surface area contributed by atoms with Crippen molar-refractivity contribution in [2.24, 2.45) is 7.05 Å². The van der Waals surface area contributed by atoms with E-state index in [0.29, 0.717) is 24.4 Å². The number of alkyl halides is 1. The molecule has 1 aromatic carbocycles. The van der Waals surface area contributed by atoms with Crippen molar-refractivity contribution >= 4 is 16.6 Å². The molecule has 0 bridgehead atoms. The molecule has 23 heavy (non-hydrogen) atoms. The van der Waals surface area contributed by atoms with Gasteiger partial charge in [0.05, 0.1) is 18.2 Å². The Morgan fingerprint density at radius 3 is 2.78 bits per heavy atom. The molecule has 0 amide bonds. The lowest BCUT2D eigenvalue weighted by Crippen LogP contribution is -2.12. The van der Waals surface area contributed by atoms with Crippen LogP contribution in [0.15, 0.2) is 55.3 Å². The molecule has 1 aliphatic rings. The van der Waals surface area contributed by atoms with Gasteiger partial charge in [-0.3, -0.25) is 0 Å². The third-order valence-electron chi connectivity index (χ3n) is 4.34. The summed E-state index contributed by atoms with van der Waals surface area (Å²) in [4.78, 5) is 8.50. The molecular formula is C18H17FN4. The number of nitrogens with zero attached hydrogens (tertiary/aromatic N) is 3. The predicted octanol–water partition coefficient (Wildman–Crippen LogP) is 4.06. The summed E-state index contributed by atoms with van der Waals surface area (Å²) in [6.07, 6.45) is 6.48. The number of halogens is 1. The molecule has 1 N–H and O–H groups in total. The molecule has 2 heterocycles. The summed E-state index contributed by atoms with van der Waals surface area (Å²) in [6.45, 7) is 3.80. The van der Waals surface area contributed by atoms with Gasteiger partial charge < -0.3 is 9.88 Å². The number of allylic oxidation sites excluding steroid dienone is 1. The summed E-state index contributed by atoms with van der Waals surface area (Å²) >= 11 is 0. The molecule has 0 spiro atoms. The average molecular weight is 308 g/mol. The van der Waals surface area contributed by atoms with Crippen molar-refractivity contribution in [2.45, 2.75) is 18.5 Å². The minimum Gasteiger partial charge on any atom is -0.341 e. The van der Waals surface area contributed by atoms with Crippen LogP contribution in [0.3, 0.4) is 0 Å². The topological polar surface area (TPSA) is 42.7 Å². The van der Waals surface area contributed by atoms with Crippen molar-refractivity contribution in [1.82, 2.24) is 14.5 Å². The van der Waals surface area contributed by atoms with Gasteiger partial charge in [0.1, 0.15) is 11.5 Å². The van der Waals surface area contributed by atoms with Crippen LogP contribution in [0.2, 0.25) is 0 Å². The minimum absolute atomic E-state index is 0.395. The van der Waals surface area contributed by atoms with Crippen molar-refractivity contribution in [2.75, 3.05) is 5.32 Å². The van der Waals surface area contributed by atoms with Crippen molar-refractivity contribution in [1.29, 1.82) is 0 Å². The van der Waals surface area contributed by atoms with Crippen LogP contribution >= 0.6 is 0 Å². The highest BCUT2D eigenvalue weighted by Gasteiger charge is 2.46. The number of hydrogen-bond donors (Lipinski definition) is 1. The van der Waals surface area contributed by atoms with Gasteiger partial charge in [0, 0.05) is 29.9 Å². The normalized spacial score (nSPS) is 15.6. The maximum absolute atomic E-state index is 14.0. The number of rotatable bonds is 4. The highest BCUT2D eigenvalue weighted by atomic mass is 19.1. The maximum atomic E-state index is 14.0. The van der Waals surface area contributed by atoms with E-state index in [4.69, 9.17) is 0 Å². The number of nitrogens with one attached hydrogen (secondary N) is 1. The summed E-state index contributed by atoms with van der Waals surface area (Å²) in [5.74, 6) is 0.619.